The molecule has 1 heterocycles. The van der Waals surface area contributed by atoms with Crippen LogP contribution in [0.15, 0.2) is 28.7 Å². The minimum Gasteiger partial charge on any atom is -0.370 e. The first kappa shape index (κ1) is 14.5. The standard InChI is InChI=1S/C14H19BrN2O2/c1-14(2,16)13(18)17-7-8-19-12(9-17)10-5-3-4-6-11(10)15/h3-6,12H,7-9,16H2,1-2H3/t12-/m0/s1. The van der Waals surface area contributed by atoms with Crippen LogP contribution >= 0.6 is 15.9 Å². The van der Waals surface area contributed by atoms with Gasteiger partial charge in [0.2, 0.25) is 5.91 Å². The topological polar surface area (TPSA) is 55.6 Å². The van der Waals surface area contributed by atoms with E-state index in [0.717, 1.165) is 10.0 Å². The lowest BCUT2D eigenvalue weighted by Crippen LogP contribution is -2.54. The normalized spacial score (nSPS) is 20.4. The van der Waals surface area contributed by atoms with Crippen LogP contribution in [0.3, 0.4) is 0 Å². The highest BCUT2D eigenvalue weighted by Crippen LogP contribution is 2.29. The summed E-state index contributed by atoms with van der Waals surface area (Å²) < 4.78 is 6.77. The van der Waals surface area contributed by atoms with E-state index in [2.05, 4.69) is 15.9 Å². The van der Waals surface area contributed by atoms with E-state index in [4.69, 9.17) is 10.5 Å². The van der Waals surface area contributed by atoms with Crippen molar-refractivity contribution in [2.45, 2.75) is 25.5 Å². The van der Waals surface area contributed by atoms with E-state index in [-0.39, 0.29) is 12.0 Å². The quantitative estimate of drug-likeness (QED) is 0.905. The average Bonchev–Trinajstić information content (AvgIpc) is 2.37. The van der Waals surface area contributed by atoms with Gasteiger partial charge in [-0.05, 0) is 25.5 Å². The molecule has 5 heteroatoms. The van der Waals surface area contributed by atoms with E-state index in [1.54, 1.807) is 18.7 Å². The van der Waals surface area contributed by atoms with E-state index in [1.165, 1.54) is 0 Å². The highest BCUT2D eigenvalue weighted by molar-refractivity contribution is 9.10. The largest absolute Gasteiger partial charge is 0.370 e. The monoisotopic (exact) mass is 326 g/mol. The summed E-state index contributed by atoms with van der Waals surface area (Å²) in [6.45, 7) is 5.15. The van der Waals surface area contributed by atoms with Crippen LogP contribution in [0.5, 0.6) is 0 Å². The number of nitrogens with two attached hydrogens (primary N) is 1. The Labute approximate surface area is 122 Å². The number of amides is 1. The molecule has 0 aliphatic carbocycles. The number of carbonyl (C=O) groups excluding carboxylic acids is 1. The maximum absolute atomic E-state index is 12.2. The minimum atomic E-state index is -0.837. The van der Waals surface area contributed by atoms with Crippen molar-refractivity contribution in [3.05, 3.63) is 34.3 Å². The molecule has 1 aliphatic rings. The van der Waals surface area contributed by atoms with Gasteiger partial charge in [-0.25, -0.2) is 0 Å². The van der Waals surface area contributed by atoms with Gasteiger partial charge in [-0.15, -0.1) is 0 Å². The van der Waals surface area contributed by atoms with Crippen molar-refractivity contribution in [1.29, 1.82) is 0 Å². The zero-order valence-corrected chi connectivity index (χ0v) is 12.8. The number of carbonyl (C=O) groups is 1. The summed E-state index contributed by atoms with van der Waals surface area (Å²) in [5, 5.41) is 0. The van der Waals surface area contributed by atoms with Gasteiger partial charge in [-0.3, -0.25) is 4.79 Å². The molecule has 1 aliphatic heterocycles. The molecule has 1 atom stereocenters. The number of ether oxygens (including phenoxy) is 1. The Balaban J connectivity index is 2.14. The molecule has 19 heavy (non-hydrogen) atoms. The highest BCUT2D eigenvalue weighted by Gasteiger charge is 2.32. The first-order valence-corrected chi connectivity index (χ1v) is 7.13. The van der Waals surface area contributed by atoms with Crippen LogP contribution in [0, 0.1) is 0 Å². The number of morpholine rings is 1. The van der Waals surface area contributed by atoms with Gasteiger partial charge in [0.05, 0.1) is 18.7 Å². The Morgan fingerprint density at radius 2 is 2.16 bits per heavy atom. The molecule has 0 spiro atoms. The third-order valence-corrected chi connectivity index (χ3v) is 3.88. The van der Waals surface area contributed by atoms with Crippen LogP contribution in [0.4, 0.5) is 0 Å². The molecule has 2 rings (SSSR count). The fraction of sp³-hybridized carbons (Fsp3) is 0.500. The van der Waals surface area contributed by atoms with E-state index in [1.807, 2.05) is 24.3 Å². The fourth-order valence-electron chi connectivity index (χ4n) is 2.17. The second kappa shape index (κ2) is 5.61. The zero-order valence-electron chi connectivity index (χ0n) is 11.2. The molecule has 0 aromatic heterocycles. The molecular weight excluding hydrogens is 308 g/mol. The number of benzene rings is 1. The second-order valence-corrected chi connectivity index (χ2v) is 6.21. The van der Waals surface area contributed by atoms with Gasteiger partial charge in [0.15, 0.2) is 0 Å². The maximum Gasteiger partial charge on any atom is 0.242 e. The summed E-state index contributed by atoms with van der Waals surface area (Å²) >= 11 is 3.52. The van der Waals surface area contributed by atoms with Crippen LogP contribution in [0.2, 0.25) is 0 Å². The molecule has 0 unspecified atom stereocenters. The van der Waals surface area contributed by atoms with E-state index >= 15 is 0 Å². The Bertz CT molecular complexity index is 471. The molecule has 2 N–H and O–H groups in total. The summed E-state index contributed by atoms with van der Waals surface area (Å²) in [4.78, 5) is 14.0. The Hall–Kier alpha value is -0.910. The summed E-state index contributed by atoms with van der Waals surface area (Å²) in [5.74, 6) is -0.0344. The number of nitrogens with zero attached hydrogens (tertiary/aromatic N) is 1. The van der Waals surface area contributed by atoms with Gasteiger partial charge < -0.3 is 15.4 Å². The fourth-order valence-corrected chi connectivity index (χ4v) is 2.71. The predicted molar refractivity (Wildman–Crippen MR) is 77.7 cm³/mol. The summed E-state index contributed by atoms with van der Waals surface area (Å²) in [6, 6.07) is 7.92. The molecule has 0 bridgehead atoms. The van der Waals surface area contributed by atoms with Crippen LogP contribution in [0.1, 0.15) is 25.5 Å². The van der Waals surface area contributed by atoms with Crippen molar-refractivity contribution < 1.29 is 9.53 Å². The van der Waals surface area contributed by atoms with E-state index in [0.29, 0.717) is 19.7 Å². The van der Waals surface area contributed by atoms with Crippen molar-refractivity contribution >= 4 is 21.8 Å². The van der Waals surface area contributed by atoms with Gasteiger partial charge in [-0.2, -0.15) is 0 Å². The lowest BCUT2D eigenvalue weighted by molar-refractivity contribution is -0.143. The maximum atomic E-state index is 12.2. The van der Waals surface area contributed by atoms with Gasteiger partial charge in [0.1, 0.15) is 6.10 Å². The molecule has 0 radical (unpaired) electrons. The number of hydrogen-bond acceptors (Lipinski definition) is 3. The van der Waals surface area contributed by atoms with E-state index < -0.39 is 5.54 Å². The highest BCUT2D eigenvalue weighted by atomic mass is 79.9. The Kier molecular flexibility index (Phi) is 4.28. The SMILES string of the molecule is CC(C)(N)C(=O)N1CCO[C@H](c2ccccc2Br)C1. The van der Waals surface area contributed by atoms with Crippen LogP contribution in [-0.2, 0) is 9.53 Å². The molecule has 104 valence electrons. The summed E-state index contributed by atoms with van der Waals surface area (Å²) in [5.41, 5.74) is 6.11. The zero-order chi connectivity index (χ0) is 14.0. The van der Waals surface area contributed by atoms with Crippen molar-refractivity contribution in [3.63, 3.8) is 0 Å². The molecule has 1 fully saturated rings. The van der Waals surface area contributed by atoms with Crippen molar-refractivity contribution in [3.8, 4) is 0 Å². The van der Waals surface area contributed by atoms with Crippen LogP contribution < -0.4 is 5.73 Å². The first-order valence-electron chi connectivity index (χ1n) is 6.34. The molecular formula is C14H19BrN2O2. The van der Waals surface area contributed by atoms with Gasteiger partial charge in [0, 0.05) is 11.0 Å². The van der Waals surface area contributed by atoms with Gasteiger partial charge in [0.25, 0.3) is 0 Å². The summed E-state index contributed by atoms with van der Waals surface area (Å²) in [7, 11) is 0. The predicted octanol–water partition coefficient (Wildman–Crippen LogP) is 2.09. The smallest absolute Gasteiger partial charge is 0.242 e. The van der Waals surface area contributed by atoms with Crippen molar-refractivity contribution in [2.24, 2.45) is 5.73 Å². The molecule has 1 amide bonds. The van der Waals surface area contributed by atoms with Crippen LogP contribution in [-0.4, -0.2) is 36.0 Å². The second-order valence-electron chi connectivity index (χ2n) is 5.35. The van der Waals surface area contributed by atoms with Crippen molar-refractivity contribution in [2.75, 3.05) is 19.7 Å². The molecule has 0 saturated carbocycles. The van der Waals surface area contributed by atoms with E-state index in [9.17, 15) is 4.79 Å². The third-order valence-electron chi connectivity index (χ3n) is 3.16. The Morgan fingerprint density at radius 3 is 2.79 bits per heavy atom. The lowest BCUT2D eigenvalue weighted by Gasteiger charge is -2.36. The molecule has 1 saturated heterocycles. The van der Waals surface area contributed by atoms with Gasteiger partial charge >= 0.3 is 0 Å². The molecule has 1 aromatic rings. The van der Waals surface area contributed by atoms with Gasteiger partial charge in [-0.1, -0.05) is 34.1 Å². The molecule has 4 nitrogen and oxygen atoms in total. The lowest BCUT2D eigenvalue weighted by atomic mass is 10.0. The Morgan fingerprint density at radius 1 is 1.47 bits per heavy atom. The first-order chi connectivity index (χ1) is 8.89. The van der Waals surface area contributed by atoms with Crippen LogP contribution in [0.25, 0.3) is 0 Å². The average molecular weight is 327 g/mol. The number of rotatable bonds is 2. The third kappa shape index (κ3) is 3.35. The number of halogens is 1. The summed E-state index contributed by atoms with van der Waals surface area (Å²) in [6.07, 6.45) is -0.101. The minimum absolute atomic E-state index is 0.0344. The molecule has 1 aromatic carbocycles. The number of hydrogen-bond donors (Lipinski definition) is 1. The van der Waals surface area contributed by atoms with Crippen molar-refractivity contribution in [1.82, 2.24) is 4.90 Å².